The molecule has 3 aromatic rings. The fourth-order valence-electron chi connectivity index (χ4n) is 4.18. The lowest BCUT2D eigenvalue weighted by Gasteiger charge is -2.19. The van der Waals surface area contributed by atoms with Gasteiger partial charge in [0.2, 0.25) is 0 Å². The molecule has 0 atom stereocenters. The maximum atomic E-state index is 13.7. The molecule has 1 aliphatic heterocycles. The number of carbonyl (C=O) groups excluding carboxylic acids is 1. The van der Waals surface area contributed by atoms with Crippen LogP contribution in [0.1, 0.15) is 46.5 Å². The largest absolute Gasteiger partial charge is 0.478 e. The molecule has 3 aromatic carbocycles. The van der Waals surface area contributed by atoms with Gasteiger partial charge in [0.25, 0.3) is 5.91 Å². The fraction of sp³-hybridized carbons (Fsp3) is 0.185. The molecule has 156 valence electrons. The van der Waals surface area contributed by atoms with Gasteiger partial charge in [0.15, 0.2) is 0 Å². The monoisotopic (exact) mass is 411 g/mol. The van der Waals surface area contributed by atoms with Crippen LogP contribution >= 0.6 is 0 Å². The average Bonchev–Trinajstić information content (AvgIpc) is 3.02. The lowest BCUT2D eigenvalue weighted by atomic mass is 9.87. The molecule has 4 nitrogen and oxygen atoms in total. The van der Waals surface area contributed by atoms with Crippen LogP contribution in [0, 0.1) is 12.8 Å². The Labute approximate surface area is 182 Å². The number of carboxylic acids is 1. The van der Waals surface area contributed by atoms with Crippen molar-refractivity contribution in [2.45, 2.75) is 27.3 Å². The molecule has 4 rings (SSSR count). The number of aromatic carboxylic acids is 1. The second kappa shape index (κ2) is 8.23. The van der Waals surface area contributed by atoms with Crippen molar-refractivity contribution in [3.8, 4) is 0 Å². The number of amides is 1. The van der Waals surface area contributed by atoms with Crippen LogP contribution in [0.15, 0.2) is 72.8 Å². The highest BCUT2D eigenvalue weighted by Crippen LogP contribution is 2.43. The van der Waals surface area contributed by atoms with Crippen LogP contribution < -0.4 is 4.90 Å². The summed E-state index contributed by atoms with van der Waals surface area (Å²) < 4.78 is 0. The number of rotatable bonds is 5. The highest BCUT2D eigenvalue weighted by molar-refractivity contribution is 6.37. The molecule has 0 radical (unpaired) electrons. The van der Waals surface area contributed by atoms with Crippen molar-refractivity contribution < 1.29 is 14.7 Å². The van der Waals surface area contributed by atoms with Crippen LogP contribution in [0.25, 0.3) is 11.1 Å². The summed E-state index contributed by atoms with van der Waals surface area (Å²) in [5.41, 5.74) is 6.76. The Morgan fingerprint density at radius 3 is 2.32 bits per heavy atom. The molecule has 0 spiro atoms. The Morgan fingerprint density at radius 2 is 1.65 bits per heavy atom. The summed E-state index contributed by atoms with van der Waals surface area (Å²) in [6, 6.07) is 22.9. The molecular formula is C27H25NO3. The summed E-state index contributed by atoms with van der Waals surface area (Å²) >= 11 is 0. The van der Waals surface area contributed by atoms with Gasteiger partial charge in [0.1, 0.15) is 0 Å². The van der Waals surface area contributed by atoms with E-state index < -0.39 is 5.97 Å². The van der Waals surface area contributed by atoms with Crippen LogP contribution in [0.4, 0.5) is 5.69 Å². The smallest absolute Gasteiger partial charge is 0.335 e. The number of benzene rings is 3. The molecule has 0 unspecified atom stereocenters. The number of hydrogen-bond donors (Lipinski definition) is 1. The van der Waals surface area contributed by atoms with Gasteiger partial charge in [0, 0.05) is 5.56 Å². The SMILES string of the molecule is Cc1ccc(C(=C2C(=O)N(Cc3cccc(C(=O)O)c3)c3ccccc32)C(C)C)cc1. The molecule has 1 N–H and O–H groups in total. The molecule has 0 saturated heterocycles. The average molecular weight is 412 g/mol. The van der Waals surface area contributed by atoms with E-state index in [-0.39, 0.29) is 17.4 Å². The zero-order valence-electron chi connectivity index (χ0n) is 17.9. The van der Waals surface area contributed by atoms with Gasteiger partial charge in [-0.3, -0.25) is 4.79 Å². The van der Waals surface area contributed by atoms with Crippen molar-refractivity contribution >= 4 is 28.7 Å². The second-order valence-electron chi connectivity index (χ2n) is 8.22. The van der Waals surface area contributed by atoms with E-state index in [4.69, 9.17) is 0 Å². The molecule has 0 bridgehead atoms. The Morgan fingerprint density at radius 1 is 0.935 bits per heavy atom. The van der Waals surface area contributed by atoms with Gasteiger partial charge < -0.3 is 10.0 Å². The van der Waals surface area contributed by atoms with Gasteiger partial charge in [0.05, 0.1) is 23.4 Å². The number of nitrogens with zero attached hydrogens (tertiary/aromatic N) is 1. The van der Waals surface area contributed by atoms with E-state index in [1.54, 1.807) is 23.1 Å². The van der Waals surface area contributed by atoms with E-state index in [1.165, 1.54) is 5.56 Å². The molecule has 4 heteroatoms. The molecule has 31 heavy (non-hydrogen) atoms. The van der Waals surface area contributed by atoms with Crippen molar-refractivity contribution in [3.63, 3.8) is 0 Å². The van der Waals surface area contributed by atoms with Gasteiger partial charge in [-0.05, 0) is 47.7 Å². The first kappa shape index (κ1) is 20.6. The molecule has 0 aliphatic carbocycles. The molecule has 1 aliphatic rings. The number of para-hydroxylation sites is 1. The number of carbonyl (C=O) groups is 2. The third-order valence-corrected chi connectivity index (χ3v) is 5.65. The maximum absolute atomic E-state index is 13.7. The number of aryl methyl sites for hydroxylation is 1. The van der Waals surface area contributed by atoms with Crippen molar-refractivity contribution in [3.05, 3.63) is 101 Å². The Bertz CT molecular complexity index is 1190. The van der Waals surface area contributed by atoms with Crippen molar-refractivity contribution in [1.82, 2.24) is 0 Å². The van der Waals surface area contributed by atoms with Crippen molar-refractivity contribution in [2.75, 3.05) is 4.90 Å². The quantitative estimate of drug-likeness (QED) is 0.539. The summed E-state index contributed by atoms with van der Waals surface area (Å²) in [7, 11) is 0. The van der Waals surface area contributed by atoms with Gasteiger partial charge in [-0.15, -0.1) is 0 Å². The Hall–Kier alpha value is -3.66. The Balaban J connectivity index is 1.84. The highest BCUT2D eigenvalue weighted by atomic mass is 16.4. The number of hydrogen-bond acceptors (Lipinski definition) is 2. The van der Waals surface area contributed by atoms with Crippen LogP contribution in [-0.4, -0.2) is 17.0 Å². The third-order valence-electron chi connectivity index (χ3n) is 5.65. The summed E-state index contributed by atoms with van der Waals surface area (Å²) in [6.07, 6.45) is 0. The Kier molecular flexibility index (Phi) is 5.47. The summed E-state index contributed by atoms with van der Waals surface area (Å²) in [5.74, 6) is -0.867. The number of allylic oxidation sites excluding steroid dienone is 1. The van der Waals surface area contributed by atoms with Crippen LogP contribution in [-0.2, 0) is 11.3 Å². The van der Waals surface area contributed by atoms with Gasteiger partial charge in [-0.2, -0.15) is 0 Å². The van der Waals surface area contributed by atoms with Crippen LogP contribution in [0.5, 0.6) is 0 Å². The minimum absolute atomic E-state index is 0.0498. The zero-order valence-corrected chi connectivity index (χ0v) is 17.9. The van der Waals surface area contributed by atoms with Gasteiger partial charge >= 0.3 is 5.97 Å². The van der Waals surface area contributed by atoms with E-state index in [0.717, 1.165) is 33.5 Å². The molecule has 1 amide bonds. The molecular weight excluding hydrogens is 386 g/mol. The van der Waals surface area contributed by atoms with E-state index in [9.17, 15) is 14.7 Å². The topological polar surface area (TPSA) is 57.6 Å². The first-order valence-electron chi connectivity index (χ1n) is 10.4. The standard InChI is InChI=1S/C27H25NO3/c1-17(2)24(20-13-11-18(3)12-14-20)25-22-9-4-5-10-23(22)28(26(25)29)16-19-7-6-8-21(15-19)27(30)31/h4-15,17H,16H2,1-3H3,(H,30,31). The first-order valence-corrected chi connectivity index (χ1v) is 10.4. The zero-order chi connectivity index (χ0) is 22.1. The second-order valence-corrected chi connectivity index (χ2v) is 8.22. The molecule has 0 saturated carbocycles. The van der Waals surface area contributed by atoms with Crippen molar-refractivity contribution in [1.29, 1.82) is 0 Å². The number of carboxylic acid groups (broad SMARTS) is 1. The molecule has 0 fully saturated rings. The predicted molar refractivity (Wildman–Crippen MR) is 124 cm³/mol. The lowest BCUT2D eigenvalue weighted by molar-refractivity contribution is -0.113. The van der Waals surface area contributed by atoms with Crippen LogP contribution in [0.3, 0.4) is 0 Å². The summed E-state index contributed by atoms with van der Waals surface area (Å²) in [6.45, 7) is 6.59. The predicted octanol–water partition coefficient (Wildman–Crippen LogP) is 5.81. The van der Waals surface area contributed by atoms with Crippen LogP contribution in [0.2, 0.25) is 0 Å². The maximum Gasteiger partial charge on any atom is 0.335 e. The fourth-order valence-corrected chi connectivity index (χ4v) is 4.18. The normalized spacial score (nSPS) is 14.7. The number of anilines is 1. The summed E-state index contributed by atoms with van der Waals surface area (Å²) in [5, 5.41) is 9.31. The molecule has 1 heterocycles. The third kappa shape index (κ3) is 3.89. The van der Waals surface area contributed by atoms with E-state index in [0.29, 0.717) is 6.54 Å². The van der Waals surface area contributed by atoms with Gasteiger partial charge in [-0.25, -0.2) is 4.79 Å². The summed E-state index contributed by atoms with van der Waals surface area (Å²) in [4.78, 5) is 26.8. The van der Waals surface area contributed by atoms with E-state index >= 15 is 0 Å². The minimum atomic E-state index is -0.975. The highest BCUT2D eigenvalue weighted by Gasteiger charge is 2.35. The van der Waals surface area contributed by atoms with E-state index in [1.807, 2.05) is 30.3 Å². The van der Waals surface area contributed by atoms with Gasteiger partial charge in [-0.1, -0.05) is 74.0 Å². The van der Waals surface area contributed by atoms with Crippen molar-refractivity contribution in [2.24, 2.45) is 5.92 Å². The lowest BCUT2D eigenvalue weighted by Crippen LogP contribution is -2.26. The first-order chi connectivity index (χ1) is 14.9. The van der Waals surface area contributed by atoms with E-state index in [2.05, 4.69) is 45.0 Å². The number of fused-ring (bicyclic) bond motifs is 1. The molecule has 0 aromatic heterocycles. The minimum Gasteiger partial charge on any atom is -0.478 e.